The molecule has 2 saturated heterocycles. The average molecular weight is 477 g/mol. The van der Waals surface area contributed by atoms with Gasteiger partial charge in [-0.05, 0) is 74.3 Å². The molecule has 0 aliphatic carbocycles. The van der Waals surface area contributed by atoms with E-state index in [-0.39, 0.29) is 11.7 Å². The predicted octanol–water partition coefficient (Wildman–Crippen LogP) is 4.01. The van der Waals surface area contributed by atoms with Crippen LogP contribution in [-0.2, 0) is 11.3 Å². The van der Waals surface area contributed by atoms with Gasteiger partial charge >= 0.3 is 0 Å². The molecule has 0 radical (unpaired) electrons. The van der Waals surface area contributed by atoms with Gasteiger partial charge in [0.15, 0.2) is 0 Å². The summed E-state index contributed by atoms with van der Waals surface area (Å²) in [5.74, 6) is -0.564. The number of carbonyl (C=O) groups excluding carboxylic acids is 1. The summed E-state index contributed by atoms with van der Waals surface area (Å²) in [5.41, 5.74) is 5.20. The zero-order valence-corrected chi connectivity index (χ0v) is 20.4. The number of nitrogens with one attached hydrogen (secondary N) is 1. The van der Waals surface area contributed by atoms with Gasteiger partial charge in [-0.3, -0.25) is 9.69 Å². The standard InChI is InChI=1S/C28H33FN4O2/c1-20-16-21(4-5-22(20)19-33-12-14-35-15-13-33)27-18-25(24-17-23(29)6-7-26(24)31-27)28(34)30-8-11-32-9-2-3-10-32/h4-7,16-18H,2-3,8-15,19H2,1H3,(H,30,34). The van der Waals surface area contributed by atoms with E-state index in [2.05, 4.69) is 40.2 Å². The molecular weight excluding hydrogens is 443 g/mol. The van der Waals surface area contributed by atoms with Crippen molar-refractivity contribution < 1.29 is 13.9 Å². The van der Waals surface area contributed by atoms with E-state index < -0.39 is 0 Å². The lowest BCUT2D eigenvalue weighted by atomic mass is 9.99. The molecule has 1 N–H and O–H groups in total. The summed E-state index contributed by atoms with van der Waals surface area (Å²) in [5, 5.41) is 3.57. The number of morpholine rings is 1. The van der Waals surface area contributed by atoms with Gasteiger partial charge in [-0.15, -0.1) is 0 Å². The average Bonchev–Trinajstić information content (AvgIpc) is 3.39. The van der Waals surface area contributed by atoms with E-state index in [1.807, 2.05) is 0 Å². The van der Waals surface area contributed by atoms with Gasteiger partial charge in [0, 0.05) is 43.7 Å². The molecule has 1 aromatic heterocycles. The topological polar surface area (TPSA) is 57.7 Å². The van der Waals surface area contributed by atoms with Crippen LogP contribution in [0.15, 0.2) is 42.5 Å². The van der Waals surface area contributed by atoms with E-state index in [1.54, 1.807) is 12.1 Å². The van der Waals surface area contributed by atoms with Gasteiger partial charge < -0.3 is 15.0 Å². The number of carbonyl (C=O) groups is 1. The van der Waals surface area contributed by atoms with Crippen molar-refractivity contribution in [1.82, 2.24) is 20.1 Å². The van der Waals surface area contributed by atoms with Crippen LogP contribution >= 0.6 is 0 Å². The van der Waals surface area contributed by atoms with E-state index >= 15 is 0 Å². The molecular formula is C28H33FN4O2. The molecule has 7 heteroatoms. The molecule has 2 aliphatic rings. The number of hydrogen-bond donors (Lipinski definition) is 1. The zero-order chi connectivity index (χ0) is 24.2. The first kappa shape index (κ1) is 23.9. The summed E-state index contributed by atoms with van der Waals surface area (Å²) in [7, 11) is 0. The molecule has 0 bridgehead atoms. The number of aromatic nitrogens is 1. The highest BCUT2D eigenvalue weighted by Gasteiger charge is 2.17. The summed E-state index contributed by atoms with van der Waals surface area (Å²) >= 11 is 0. The number of nitrogens with zero attached hydrogens (tertiary/aromatic N) is 3. The number of benzene rings is 2. The maximum absolute atomic E-state index is 14.1. The van der Waals surface area contributed by atoms with Gasteiger partial charge in [0.05, 0.1) is 30.0 Å². The lowest BCUT2D eigenvalue weighted by Crippen LogP contribution is -2.35. The molecule has 5 rings (SSSR count). The largest absolute Gasteiger partial charge is 0.379 e. The molecule has 184 valence electrons. The fourth-order valence-corrected chi connectivity index (χ4v) is 5.00. The summed E-state index contributed by atoms with van der Waals surface area (Å²) < 4.78 is 19.5. The third-order valence-corrected chi connectivity index (χ3v) is 7.06. The van der Waals surface area contributed by atoms with E-state index in [4.69, 9.17) is 9.72 Å². The number of ether oxygens (including phenoxy) is 1. The molecule has 1 amide bonds. The highest BCUT2D eigenvalue weighted by atomic mass is 19.1. The van der Waals surface area contributed by atoms with Crippen molar-refractivity contribution in [1.29, 1.82) is 0 Å². The van der Waals surface area contributed by atoms with E-state index in [0.29, 0.717) is 23.0 Å². The molecule has 2 fully saturated rings. The quantitative estimate of drug-likeness (QED) is 0.559. The number of halogens is 1. The normalized spacial score (nSPS) is 17.2. The van der Waals surface area contributed by atoms with Crippen LogP contribution in [0.3, 0.4) is 0 Å². The fraction of sp³-hybridized carbons (Fsp3) is 0.429. The first-order valence-corrected chi connectivity index (χ1v) is 12.6. The number of hydrogen-bond acceptors (Lipinski definition) is 5. The van der Waals surface area contributed by atoms with Crippen molar-refractivity contribution in [2.24, 2.45) is 0 Å². The lowest BCUT2D eigenvalue weighted by molar-refractivity contribution is 0.0341. The van der Waals surface area contributed by atoms with Crippen molar-refractivity contribution in [3.05, 3.63) is 65.0 Å². The van der Waals surface area contributed by atoms with Crippen LogP contribution in [0.4, 0.5) is 4.39 Å². The first-order chi connectivity index (χ1) is 17.1. The highest BCUT2D eigenvalue weighted by Crippen LogP contribution is 2.27. The van der Waals surface area contributed by atoms with E-state index in [9.17, 15) is 9.18 Å². The maximum atomic E-state index is 14.1. The maximum Gasteiger partial charge on any atom is 0.252 e. The van der Waals surface area contributed by atoms with Gasteiger partial charge in [-0.25, -0.2) is 9.37 Å². The van der Waals surface area contributed by atoms with Crippen molar-refractivity contribution in [3.8, 4) is 11.3 Å². The zero-order valence-electron chi connectivity index (χ0n) is 20.4. The Morgan fingerprint density at radius 3 is 2.60 bits per heavy atom. The van der Waals surface area contributed by atoms with Gasteiger partial charge in [-0.1, -0.05) is 12.1 Å². The van der Waals surface area contributed by atoms with Crippen molar-refractivity contribution in [2.75, 3.05) is 52.5 Å². The predicted molar refractivity (Wildman–Crippen MR) is 136 cm³/mol. The number of pyridine rings is 1. The number of rotatable bonds is 7. The number of fused-ring (bicyclic) bond motifs is 1. The number of likely N-dealkylation sites (tertiary alicyclic amines) is 1. The monoisotopic (exact) mass is 476 g/mol. The Labute approximate surface area is 206 Å². The van der Waals surface area contributed by atoms with Crippen LogP contribution in [0.5, 0.6) is 0 Å². The Balaban J connectivity index is 1.40. The van der Waals surface area contributed by atoms with Crippen molar-refractivity contribution >= 4 is 16.8 Å². The van der Waals surface area contributed by atoms with Gasteiger partial charge in [0.1, 0.15) is 5.82 Å². The molecule has 0 saturated carbocycles. The van der Waals surface area contributed by atoms with Crippen LogP contribution in [0, 0.1) is 12.7 Å². The summed E-state index contributed by atoms with van der Waals surface area (Å²) in [6, 6.07) is 12.6. The van der Waals surface area contributed by atoms with Crippen LogP contribution in [0.25, 0.3) is 22.2 Å². The van der Waals surface area contributed by atoms with Crippen molar-refractivity contribution in [3.63, 3.8) is 0 Å². The fourth-order valence-electron chi connectivity index (χ4n) is 5.00. The second-order valence-electron chi connectivity index (χ2n) is 9.55. The SMILES string of the molecule is Cc1cc(-c2cc(C(=O)NCCN3CCCC3)c3cc(F)ccc3n2)ccc1CN1CCOCC1. The lowest BCUT2D eigenvalue weighted by Gasteiger charge is -2.27. The highest BCUT2D eigenvalue weighted by molar-refractivity contribution is 6.07. The second-order valence-corrected chi connectivity index (χ2v) is 9.55. The molecule has 6 nitrogen and oxygen atoms in total. The van der Waals surface area contributed by atoms with E-state index in [0.717, 1.165) is 63.7 Å². The molecule has 0 spiro atoms. The van der Waals surface area contributed by atoms with Crippen LogP contribution in [0.2, 0.25) is 0 Å². The minimum Gasteiger partial charge on any atom is -0.379 e. The molecule has 2 aromatic carbocycles. The Morgan fingerprint density at radius 1 is 1.03 bits per heavy atom. The molecule has 3 heterocycles. The number of aryl methyl sites for hydroxylation is 1. The molecule has 3 aromatic rings. The van der Waals surface area contributed by atoms with Crippen LogP contribution in [-0.4, -0.2) is 73.2 Å². The second kappa shape index (κ2) is 10.8. The van der Waals surface area contributed by atoms with Gasteiger partial charge in [0.25, 0.3) is 5.91 Å². The Kier molecular flexibility index (Phi) is 7.37. The Bertz CT molecular complexity index is 1200. The van der Waals surface area contributed by atoms with E-state index in [1.165, 1.54) is 36.1 Å². The summed E-state index contributed by atoms with van der Waals surface area (Å²) in [4.78, 5) is 22.7. The van der Waals surface area contributed by atoms with Crippen LogP contribution < -0.4 is 5.32 Å². The minimum absolute atomic E-state index is 0.191. The molecule has 35 heavy (non-hydrogen) atoms. The Hall–Kier alpha value is -2.87. The van der Waals surface area contributed by atoms with Crippen LogP contribution in [0.1, 0.15) is 34.3 Å². The molecule has 0 unspecified atom stereocenters. The summed E-state index contributed by atoms with van der Waals surface area (Å²) in [6.07, 6.45) is 2.44. The third-order valence-electron chi connectivity index (χ3n) is 7.06. The smallest absolute Gasteiger partial charge is 0.252 e. The minimum atomic E-state index is -0.374. The molecule has 2 aliphatic heterocycles. The first-order valence-electron chi connectivity index (χ1n) is 12.6. The van der Waals surface area contributed by atoms with Crippen molar-refractivity contribution in [2.45, 2.75) is 26.3 Å². The Morgan fingerprint density at radius 2 is 1.83 bits per heavy atom. The van der Waals surface area contributed by atoms with Gasteiger partial charge in [-0.2, -0.15) is 0 Å². The summed E-state index contributed by atoms with van der Waals surface area (Å²) in [6.45, 7) is 10.0. The number of amides is 1. The van der Waals surface area contributed by atoms with Gasteiger partial charge in [0.2, 0.25) is 0 Å². The molecule has 0 atom stereocenters. The third kappa shape index (κ3) is 5.69.